The van der Waals surface area contributed by atoms with Gasteiger partial charge < -0.3 is 30.1 Å². The monoisotopic (exact) mass is 851 g/mol. The van der Waals surface area contributed by atoms with Crippen molar-refractivity contribution in [3.8, 4) is 22.9 Å². The molecule has 61 heavy (non-hydrogen) atoms. The summed E-state index contributed by atoms with van der Waals surface area (Å²) in [7, 11) is 0. The average Bonchev–Trinajstić information content (AvgIpc) is 3.28. The van der Waals surface area contributed by atoms with E-state index in [9.17, 15) is 24.3 Å². The van der Waals surface area contributed by atoms with Crippen LogP contribution in [-0.2, 0) is 32.1 Å². The number of aromatic nitrogens is 1. The molecule has 14 heteroatoms. The predicted octanol–water partition coefficient (Wildman–Crippen LogP) is 7.15. The number of carbonyl (C=O) groups excluding carboxylic acids is 3. The number of nitrogens with one attached hydrogen (secondary N) is 2. The maximum atomic E-state index is 14.1. The lowest BCUT2D eigenvalue weighted by atomic mass is 9.88. The van der Waals surface area contributed by atoms with Crippen LogP contribution in [0, 0.1) is 11.3 Å². The third kappa shape index (κ3) is 9.10. The summed E-state index contributed by atoms with van der Waals surface area (Å²) in [5.74, 6) is -2.30. The van der Waals surface area contributed by atoms with E-state index >= 15 is 0 Å². The summed E-state index contributed by atoms with van der Waals surface area (Å²) in [5.41, 5.74) is 6.21. The largest absolute Gasteiger partial charge is 0.489 e. The van der Waals surface area contributed by atoms with Gasteiger partial charge in [-0.2, -0.15) is 5.26 Å². The van der Waals surface area contributed by atoms with Crippen LogP contribution in [0.2, 0.25) is 10.0 Å². The molecule has 304 valence electrons. The first kappa shape index (κ1) is 40.7. The van der Waals surface area contributed by atoms with Gasteiger partial charge in [0.25, 0.3) is 11.8 Å². The van der Waals surface area contributed by atoms with Crippen molar-refractivity contribution >= 4 is 46.9 Å². The number of halogens is 2. The van der Waals surface area contributed by atoms with Gasteiger partial charge in [-0.1, -0.05) is 83.9 Å². The Morgan fingerprint density at radius 1 is 0.934 bits per heavy atom. The summed E-state index contributed by atoms with van der Waals surface area (Å²) in [6.45, 7) is 0.233. The Kier molecular flexibility index (Phi) is 11.8. The number of nitrogens with zero attached hydrogens (tertiary/aromatic N) is 3. The lowest BCUT2D eigenvalue weighted by Crippen LogP contribution is -2.55. The van der Waals surface area contributed by atoms with Crippen LogP contribution < -0.4 is 15.4 Å². The molecule has 1 aliphatic carbocycles. The summed E-state index contributed by atoms with van der Waals surface area (Å²) in [6, 6.07) is 31.0. The molecule has 5 aromatic rings. The van der Waals surface area contributed by atoms with Crippen LogP contribution >= 0.6 is 23.2 Å². The van der Waals surface area contributed by atoms with Crippen LogP contribution in [0.3, 0.4) is 0 Å². The number of hydrogen-bond acceptors (Lipinski definition) is 8. The fourth-order valence-electron chi connectivity index (χ4n) is 7.27. The third-order valence-corrected chi connectivity index (χ3v) is 11.2. The lowest BCUT2D eigenvalue weighted by Gasteiger charge is -2.39. The minimum absolute atomic E-state index is 0.0257. The van der Waals surface area contributed by atoms with Crippen molar-refractivity contribution in [1.82, 2.24) is 20.5 Å². The standard InChI is InChI=1S/C47H35Cl2N5O7/c48-36-17-8-29(19-37(36)49)26-60-35-15-13-32(14-16-35)43-45(56)52-39-21-33-22-41(54(25-34(33)23-42(39)61-43)46(57)38-3-1-2-18-51-38)44(55)53-40(47(58)59)20-27-4-9-30(10-5-27)31-11-6-28(24-50)7-12-31/h1-19,21-23,40-43H,20,25-26H2,(H,52,56)(H,53,55)(H,58,59). The highest BCUT2D eigenvalue weighted by Crippen LogP contribution is 2.36. The molecule has 3 aliphatic rings. The molecule has 1 aromatic heterocycles. The number of allylic oxidation sites excluding steroid dienone is 1. The zero-order chi connectivity index (χ0) is 42.6. The number of carboxylic acid groups (broad SMARTS) is 1. The van der Waals surface area contributed by atoms with Crippen molar-refractivity contribution in [2.75, 3.05) is 6.54 Å². The van der Waals surface area contributed by atoms with E-state index < -0.39 is 48.0 Å². The van der Waals surface area contributed by atoms with Crippen molar-refractivity contribution in [3.05, 3.63) is 188 Å². The van der Waals surface area contributed by atoms with Crippen molar-refractivity contribution in [3.63, 3.8) is 0 Å². The zero-order valence-electron chi connectivity index (χ0n) is 32.1. The molecule has 3 amide bonds. The molecule has 0 spiro atoms. The maximum absolute atomic E-state index is 14.1. The van der Waals surface area contributed by atoms with Gasteiger partial charge in [0.2, 0.25) is 5.91 Å². The number of benzene rings is 4. The molecular formula is C47H35Cl2N5O7. The van der Waals surface area contributed by atoms with Crippen molar-refractivity contribution < 1.29 is 33.8 Å². The number of rotatable bonds is 11. The van der Waals surface area contributed by atoms with Gasteiger partial charge in [-0.05, 0) is 106 Å². The summed E-state index contributed by atoms with van der Waals surface area (Å²) in [6.07, 6.45) is 4.90. The lowest BCUT2D eigenvalue weighted by molar-refractivity contribution is -0.142. The van der Waals surface area contributed by atoms with Crippen LogP contribution in [0.5, 0.6) is 5.75 Å². The van der Waals surface area contributed by atoms with Crippen LogP contribution in [0.1, 0.15) is 38.8 Å². The molecule has 3 N–H and O–H groups in total. The first-order valence-electron chi connectivity index (χ1n) is 19.1. The molecule has 8 rings (SSSR count). The molecule has 0 bridgehead atoms. The fraction of sp³-hybridized carbons (Fsp3) is 0.149. The fourth-order valence-corrected chi connectivity index (χ4v) is 7.59. The summed E-state index contributed by atoms with van der Waals surface area (Å²) in [5, 5.41) is 25.8. The predicted molar refractivity (Wildman–Crippen MR) is 226 cm³/mol. The van der Waals surface area contributed by atoms with E-state index in [2.05, 4.69) is 21.7 Å². The number of amides is 3. The molecule has 4 unspecified atom stereocenters. The topological polar surface area (TPSA) is 171 Å². The van der Waals surface area contributed by atoms with Gasteiger partial charge in [0.15, 0.2) is 6.10 Å². The molecule has 1 saturated heterocycles. The van der Waals surface area contributed by atoms with Gasteiger partial charge in [-0.15, -0.1) is 0 Å². The zero-order valence-corrected chi connectivity index (χ0v) is 33.6. The molecular weight excluding hydrogens is 817 g/mol. The Balaban J connectivity index is 0.990. The molecule has 1 fully saturated rings. The number of pyridine rings is 1. The minimum Gasteiger partial charge on any atom is -0.489 e. The van der Waals surface area contributed by atoms with Crippen LogP contribution in [0.15, 0.2) is 150 Å². The second kappa shape index (κ2) is 17.7. The molecule has 12 nitrogen and oxygen atoms in total. The SMILES string of the molecule is N#Cc1ccc(-c2ccc(CC(NC(=O)C3C=C4C=C5NC(=O)C(c6ccc(OCc7ccc(Cl)c(Cl)c7)cc6)OC5C=C4CN3C(=O)c3ccccn3)C(=O)O)cc2)cc1. The Morgan fingerprint density at radius 2 is 1.66 bits per heavy atom. The number of aliphatic carboxylic acids is 1. The number of carbonyl (C=O) groups is 4. The van der Waals surface area contributed by atoms with Crippen molar-refractivity contribution in [2.45, 2.75) is 37.3 Å². The molecule has 0 radical (unpaired) electrons. The van der Waals surface area contributed by atoms with Crippen molar-refractivity contribution in [2.24, 2.45) is 0 Å². The van der Waals surface area contributed by atoms with Gasteiger partial charge in [0.1, 0.15) is 36.2 Å². The van der Waals surface area contributed by atoms with Gasteiger partial charge in [0, 0.05) is 19.2 Å². The van der Waals surface area contributed by atoms with Gasteiger partial charge in [0.05, 0.1) is 27.4 Å². The van der Waals surface area contributed by atoms with Gasteiger partial charge >= 0.3 is 5.97 Å². The number of nitriles is 1. The van der Waals surface area contributed by atoms with Crippen LogP contribution in [-0.4, -0.2) is 63.4 Å². The highest BCUT2D eigenvalue weighted by atomic mass is 35.5. The van der Waals surface area contributed by atoms with Gasteiger partial charge in [-0.25, -0.2) is 4.79 Å². The van der Waals surface area contributed by atoms with E-state index in [0.717, 1.165) is 16.7 Å². The first-order chi connectivity index (χ1) is 29.5. The summed E-state index contributed by atoms with van der Waals surface area (Å²) in [4.78, 5) is 59.6. The van der Waals surface area contributed by atoms with E-state index in [1.807, 2.05) is 30.3 Å². The van der Waals surface area contributed by atoms with E-state index in [4.69, 9.17) is 37.9 Å². The average molecular weight is 853 g/mol. The van der Waals surface area contributed by atoms with E-state index in [0.29, 0.717) is 49.3 Å². The molecule has 3 heterocycles. The number of ether oxygens (including phenoxy) is 2. The third-order valence-electron chi connectivity index (χ3n) is 10.5. The molecule has 0 saturated carbocycles. The maximum Gasteiger partial charge on any atom is 0.326 e. The Bertz CT molecular complexity index is 2660. The number of hydrogen-bond donors (Lipinski definition) is 3. The van der Waals surface area contributed by atoms with E-state index in [-0.39, 0.29) is 25.3 Å². The smallest absolute Gasteiger partial charge is 0.326 e. The highest BCUT2D eigenvalue weighted by Gasteiger charge is 2.40. The number of carboxylic acids is 1. The van der Waals surface area contributed by atoms with Gasteiger partial charge in [-0.3, -0.25) is 19.4 Å². The highest BCUT2D eigenvalue weighted by molar-refractivity contribution is 6.42. The Labute approximate surface area is 360 Å². The van der Waals surface area contributed by atoms with Crippen LogP contribution in [0.4, 0.5) is 0 Å². The number of morpholine rings is 1. The van der Waals surface area contributed by atoms with E-state index in [1.54, 1.807) is 97.1 Å². The minimum atomic E-state index is -1.32. The second-order valence-electron chi connectivity index (χ2n) is 14.5. The molecule has 4 atom stereocenters. The second-order valence-corrected chi connectivity index (χ2v) is 15.3. The molecule has 4 aromatic carbocycles. The van der Waals surface area contributed by atoms with Crippen molar-refractivity contribution in [1.29, 1.82) is 5.26 Å². The summed E-state index contributed by atoms with van der Waals surface area (Å²) >= 11 is 12.1. The Morgan fingerprint density at radius 3 is 2.33 bits per heavy atom. The van der Waals surface area contributed by atoms with E-state index in [1.165, 1.54) is 11.1 Å². The number of fused-ring (bicyclic) bond motifs is 2. The Hall–Kier alpha value is -7.04. The first-order valence-corrected chi connectivity index (χ1v) is 19.9. The summed E-state index contributed by atoms with van der Waals surface area (Å²) < 4.78 is 12.2. The quantitative estimate of drug-likeness (QED) is 0.125. The van der Waals surface area contributed by atoms with Crippen LogP contribution in [0.25, 0.3) is 11.1 Å². The molecule has 2 aliphatic heterocycles. The normalized spacial score (nSPS) is 18.4.